The molecular weight excluding hydrogens is 436 g/mol. The van der Waals surface area contributed by atoms with Crippen LogP contribution < -0.4 is 5.32 Å². The Morgan fingerprint density at radius 2 is 1.68 bits per heavy atom. The number of alkyl halides is 3. The van der Waals surface area contributed by atoms with E-state index in [1.807, 2.05) is 0 Å². The maximum absolute atomic E-state index is 14.1. The predicted molar refractivity (Wildman–Crippen MR) is 105 cm³/mol. The Kier molecular flexibility index (Phi) is 5.67. The number of benzene rings is 2. The Labute approximate surface area is 174 Å². The van der Waals surface area contributed by atoms with E-state index < -0.39 is 18.1 Å². The molecule has 28 heavy (non-hydrogen) atoms. The highest BCUT2D eigenvalue weighted by Gasteiger charge is 2.58. The lowest BCUT2D eigenvalue weighted by Gasteiger charge is -2.32. The molecule has 1 N–H and O–H groups in total. The standard InChI is InChI=1S/C19H14Cl3F3N2O/c1-26-17(28)11-4-2-10(3-5-11)15-8-18(9-27-15,19(23,24)25)12-6-13(20)16(22)14(21)7-12/h2-7H,8-9H2,1H3,(H,26,28). The molecule has 1 heterocycles. The maximum Gasteiger partial charge on any atom is 0.400 e. The predicted octanol–water partition coefficient (Wildman–Crippen LogP) is 5.70. The Morgan fingerprint density at radius 3 is 2.18 bits per heavy atom. The van der Waals surface area contributed by atoms with Crippen molar-refractivity contribution in [2.24, 2.45) is 4.99 Å². The van der Waals surface area contributed by atoms with Crippen molar-refractivity contribution >= 4 is 46.4 Å². The van der Waals surface area contributed by atoms with Gasteiger partial charge in [-0.25, -0.2) is 0 Å². The number of rotatable bonds is 3. The van der Waals surface area contributed by atoms with Crippen LogP contribution in [0.4, 0.5) is 13.2 Å². The third kappa shape index (κ3) is 3.61. The Hall–Kier alpha value is -1.76. The molecule has 2 aromatic carbocycles. The van der Waals surface area contributed by atoms with Gasteiger partial charge in [-0.05, 0) is 35.4 Å². The smallest absolute Gasteiger partial charge is 0.355 e. The number of hydrogen-bond donors (Lipinski definition) is 1. The van der Waals surface area contributed by atoms with Gasteiger partial charge in [0.05, 0.1) is 21.6 Å². The molecule has 1 aliphatic rings. The van der Waals surface area contributed by atoms with Gasteiger partial charge in [0.1, 0.15) is 5.41 Å². The normalized spacial score (nSPS) is 19.5. The molecule has 2 aromatic rings. The van der Waals surface area contributed by atoms with Gasteiger partial charge in [0.25, 0.3) is 5.91 Å². The first kappa shape index (κ1) is 21.0. The number of aliphatic imine (C=N–C) groups is 1. The van der Waals surface area contributed by atoms with Crippen molar-refractivity contribution in [1.82, 2.24) is 5.32 Å². The van der Waals surface area contributed by atoms with E-state index in [0.29, 0.717) is 16.8 Å². The van der Waals surface area contributed by atoms with E-state index in [1.54, 1.807) is 24.3 Å². The van der Waals surface area contributed by atoms with Gasteiger partial charge in [-0.1, -0.05) is 46.9 Å². The van der Waals surface area contributed by atoms with Gasteiger partial charge in [0.15, 0.2) is 0 Å². The van der Waals surface area contributed by atoms with Gasteiger partial charge >= 0.3 is 6.18 Å². The average Bonchev–Trinajstić information content (AvgIpc) is 3.12. The van der Waals surface area contributed by atoms with E-state index in [2.05, 4.69) is 10.3 Å². The number of amides is 1. The van der Waals surface area contributed by atoms with Gasteiger partial charge in [0.2, 0.25) is 0 Å². The molecule has 0 aromatic heterocycles. The molecule has 3 nitrogen and oxygen atoms in total. The second kappa shape index (κ2) is 7.58. The minimum Gasteiger partial charge on any atom is -0.355 e. The van der Waals surface area contributed by atoms with Crippen molar-refractivity contribution in [3.63, 3.8) is 0 Å². The van der Waals surface area contributed by atoms with E-state index in [0.717, 1.165) is 0 Å². The zero-order chi connectivity index (χ0) is 20.7. The minimum absolute atomic E-state index is 0.00772. The summed E-state index contributed by atoms with van der Waals surface area (Å²) in [6, 6.07) is 8.63. The Bertz CT molecular complexity index is 935. The summed E-state index contributed by atoms with van der Waals surface area (Å²) in [5, 5.41) is 2.40. The van der Waals surface area contributed by atoms with Gasteiger partial charge in [-0.2, -0.15) is 13.2 Å². The first-order valence-corrected chi connectivity index (χ1v) is 9.30. The highest BCUT2D eigenvalue weighted by atomic mass is 35.5. The average molecular weight is 450 g/mol. The molecule has 1 aliphatic heterocycles. The van der Waals surface area contributed by atoms with Gasteiger partial charge < -0.3 is 5.32 Å². The molecule has 0 spiro atoms. The fourth-order valence-corrected chi connectivity index (χ4v) is 3.75. The zero-order valence-corrected chi connectivity index (χ0v) is 16.8. The summed E-state index contributed by atoms with van der Waals surface area (Å²) >= 11 is 17.8. The van der Waals surface area contributed by atoms with Crippen molar-refractivity contribution in [2.75, 3.05) is 13.6 Å². The molecule has 1 atom stereocenters. The van der Waals surface area contributed by atoms with Crippen LogP contribution in [0.3, 0.4) is 0 Å². The van der Waals surface area contributed by atoms with Gasteiger partial charge in [0, 0.05) is 24.7 Å². The van der Waals surface area contributed by atoms with Crippen LogP contribution >= 0.6 is 34.8 Å². The highest BCUT2D eigenvalue weighted by molar-refractivity contribution is 6.48. The van der Waals surface area contributed by atoms with E-state index >= 15 is 0 Å². The molecule has 0 aliphatic carbocycles. The van der Waals surface area contributed by atoms with Crippen LogP contribution in [0.2, 0.25) is 15.1 Å². The van der Waals surface area contributed by atoms with E-state index in [1.165, 1.54) is 19.2 Å². The van der Waals surface area contributed by atoms with E-state index in [4.69, 9.17) is 34.8 Å². The minimum atomic E-state index is -4.58. The van der Waals surface area contributed by atoms with Crippen molar-refractivity contribution in [3.05, 3.63) is 68.2 Å². The molecule has 0 fully saturated rings. The van der Waals surface area contributed by atoms with Crippen LogP contribution in [-0.4, -0.2) is 31.4 Å². The molecule has 0 bridgehead atoms. The molecule has 9 heteroatoms. The van der Waals surface area contributed by atoms with Crippen LogP contribution in [-0.2, 0) is 5.41 Å². The SMILES string of the molecule is CNC(=O)c1ccc(C2=NCC(c3cc(Cl)c(Cl)c(Cl)c3)(C(F)(F)F)C2)cc1. The number of nitrogens with one attached hydrogen (secondary N) is 1. The monoisotopic (exact) mass is 448 g/mol. The lowest BCUT2D eigenvalue weighted by Crippen LogP contribution is -2.43. The van der Waals surface area contributed by atoms with Crippen molar-refractivity contribution in [3.8, 4) is 0 Å². The first-order chi connectivity index (χ1) is 13.1. The van der Waals surface area contributed by atoms with Crippen LogP contribution in [0.1, 0.15) is 27.9 Å². The Balaban J connectivity index is 1.98. The summed E-state index contributed by atoms with van der Waals surface area (Å²) in [6.07, 6.45) is -4.95. The summed E-state index contributed by atoms with van der Waals surface area (Å²) in [6.45, 7) is -0.489. The summed E-state index contributed by atoms with van der Waals surface area (Å²) in [5.74, 6) is -0.282. The fourth-order valence-electron chi connectivity index (χ4n) is 3.16. The Morgan fingerprint density at radius 1 is 1.11 bits per heavy atom. The summed E-state index contributed by atoms with van der Waals surface area (Å²) in [4.78, 5) is 15.8. The van der Waals surface area contributed by atoms with Crippen LogP contribution in [0.15, 0.2) is 41.4 Å². The molecule has 0 radical (unpaired) electrons. The van der Waals surface area contributed by atoms with Crippen LogP contribution in [0.5, 0.6) is 0 Å². The fraction of sp³-hybridized carbons (Fsp3) is 0.263. The maximum atomic E-state index is 14.1. The topological polar surface area (TPSA) is 41.5 Å². The molecule has 148 valence electrons. The number of carbonyl (C=O) groups excluding carboxylic acids is 1. The summed E-state index contributed by atoms with van der Waals surface area (Å²) in [5.41, 5.74) is -1.11. The van der Waals surface area contributed by atoms with Crippen molar-refractivity contribution in [2.45, 2.75) is 18.0 Å². The summed E-state index contributed by atoms with van der Waals surface area (Å²) < 4.78 is 42.4. The highest BCUT2D eigenvalue weighted by Crippen LogP contribution is 2.49. The third-order valence-corrected chi connectivity index (χ3v) is 5.99. The van der Waals surface area contributed by atoms with E-state index in [9.17, 15) is 18.0 Å². The van der Waals surface area contributed by atoms with Gasteiger partial charge in [-0.15, -0.1) is 0 Å². The molecule has 0 saturated heterocycles. The van der Waals surface area contributed by atoms with Crippen LogP contribution in [0, 0.1) is 0 Å². The lowest BCUT2D eigenvalue weighted by atomic mass is 9.76. The molecule has 0 saturated carbocycles. The number of carbonyl (C=O) groups is 1. The quantitative estimate of drug-likeness (QED) is 0.600. The molecule has 1 unspecified atom stereocenters. The van der Waals surface area contributed by atoms with Crippen molar-refractivity contribution in [1.29, 1.82) is 0 Å². The van der Waals surface area contributed by atoms with Crippen molar-refractivity contribution < 1.29 is 18.0 Å². The third-order valence-electron chi connectivity index (χ3n) is 4.80. The number of hydrogen-bond acceptors (Lipinski definition) is 2. The largest absolute Gasteiger partial charge is 0.400 e. The second-order valence-electron chi connectivity index (χ2n) is 6.43. The zero-order valence-electron chi connectivity index (χ0n) is 14.5. The molecule has 1 amide bonds. The lowest BCUT2D eigenvalue weighted by molar-refractivity contribution is -0.183. The van der Waals surface area contributed by atoms with Crippen LogP contribution in [0.25, 0.3) is 0 Å². The van der Waals surface area contributed by atoms with Gasteiger partial charge in [-0.3, -0.25) is 9.79 Å². The first-order valence-electron chi connectivity index (χ1n) is 8.16. The number of halogens is 6. The van der Waals surface area contributed by atoms with E-state index in [-0.39, 0.29) is 33.0 Å². The second-order valence-corrected chi connectivity index (χ2v) is 7.62. The summed E-state index contributed by atoms with van der Waals surface area (Å²) in [7, 11) is 1.50. The molecule has 3 rings (SSSR count). The molecular formula is C19H14Cl3F3N2O. The number of nitrogens with zero attached hydrogens (tertiary/aromatic N) is 1.